The van der Waals surface area contributed by atoms with Gasteiger partial charge in [0.2, 0.25) is 15.9 Å². The van der Waals surface area contributed by atoms with Crippen molar-refractivity contribution in [2.24, 2.45) is 0 Å². The van der Waals surface area contributed by atoms with Crippen LogP contribution in [0.4, 0.5) is 10.2 Å². The van der Waals surface area contributed by atoms with E-state index in [4.69, 9.17) is 4.98 Å². The molecule has 8 nitrogen and oxygen atoms in total. The van der Waals surface area contributed by atoms with Crippen molar-refractivity contribution in [3.63, 3.8) is 0 Å². The quantitative estimate of drug-likeness (QED) is 0.771. The highest BCUT2D eigenvalue weighted by Gasteiger charge is 2.36. The number of sulfonamides is 1. The zero-order valence-electron chi connectivity index (χ0n) is 17.9. The van der Waals surface area contributed by atoms with Crippen molar-refractivity contribution in [1.29, 1.82) is 0 Å². The van der Waals surface area contributed by atoms with Crippen LogP contribution in [0.5, 0.6) is 0 Å². The van der Waals surface area contributed by atoms with E-state index in [2.05, 4.69) is 10.3 Å². The van der Waals surface area contributed by atoms with Crippen molar-refractivity contribution in [2.75, 3.05) is 32.0 Å². The van der Waals surface area contributed by atoms with E-state index in [9.17, 15) is 17.6 Å². The Morgan fingerprint density at radius 1 is 1.26 bits per heavy atom. The molecule has 1 unspecified atom stereocenters. The number of amides is 1. The molecular weight excluding hydrogens is 421 g/mol. The van der Waals surface area contributed by atoms with E-state index in [1.54, 1.807) is 25.8 Å². The molecule has 1 saturated heterocycles. The number of fused-ring (bicyclic) bond motifs is 1. The zero-order valence-corrected chi connectivity index (χ0v) is 18.7. The van der Waals surface area contributed by atoms with Crippen LogP contribution in [0.25, 0.3) is 0 Å². The molecule has 0 aliphatic carbocycles. The van der Waals surface area contributed by atoms with Crippen LogP contribution >= 0.6 is 0 Å². The second-order valence-electron chi connectivity index (χ2n) is 8.06. The van der Waals surface area contributed by atoms with Crippen LogP contribution in [0.15, 0.2) is 23.1 Å². The van der Waals surface area contributed by atoms with Crippen molar-refractivity contribution >= 4 is 21.7 Å². The van der Waals surface area contributed by atoms with Crippen LogP contribution in [-0.2, 0) is 27.8 Å². The highest BCUT2D eigenvalue weighted by molar-refractivity contribution is 7.89. The second kappa shape index (κ2) is 8.16. The van der Waals surface area contributed by atoms with Crippen LogP contribution < -0.4 is 5.32 Å². The van der Waals surface area contributed by atoms with Gasteiger partial charge < -0.3 is 10.2 Å². The summed E-state index contributed by atoms with van der Waals surface area (Å²) in [5.41, 5.74) is 2.12. The molecular formula is C21H26FN5O3S. The predicted octanol–water partition coefficient (Wildman–Crippen LogP) is 2.05. The van der Waals surface area contributed by atoms with Gasteiger partial charge in [0.05, 0.1) is 17.1 Å². The van der Waals surface area contributed by atoms with Gasteiger partial charge in [-0.1, -0.05) is 0 Å². The summed E-state index contributed by atoms with van der Waals surface area (Å²) in [6.07, 6.45) is 1.25. The summed E-state index contributed by atoms with van der Waals surface area (Å²) >= 11 is 0. The monoisotopic (exact) mass is 447 g/mol. The molecule has 31 heavy (non-hydrogen) atoms. The van der Waals surface area contributed by atoms with Gasteiger partial charge in [-0.15, -0.1) is 0 Å². The van der Waals surface area contributed by atoms with E-state index < -0.39 is 15.8 Å². The third-order valence-electron chi connectivity index (χ3n) is 6.04. The molecule has 1 fully saturated rings. The largest absolute Gasteiger partial charge is 0.373 e. The molecule has 0 spiro atoms. The highest BCUT2D eigenvalue weighted by atomic mass is 32.2. The summed E-state index contributed by atoms with van der Waals surface area (Å²) in [6, 6.07) is 3.86. The van der Waals surface area contributed by atoms with E-state index in [1.165, 1.54) is 22.5 Å². The zero-order chi connectivity index (χ0) is 22.3. The van der Waals surface area contributed by atoms with E-state index >= 15 is 0 Å². The first-order valence-electron chi connectivity index (χ1n) is 10.3. The third-order valence-corrected chi connectivity index (χ3v) is 7.90. The highest BCUT2D eigenvalue weighted by Crippen LogP contribution is 2.32. The van der Waals surface area contributed by atoms with Gasteiger partial charge in [-0.2, -0.15) is 4.31 Å². The van der Waals surface area contributed by atoms with E-state index in [1.807, 2.05) is 0 Å². The summed E-state index contributed by atoms with van der Waals surface area (Å²) in [7, 11) is -1.94. The first-order chi connectivity index (χ1) is 14.7. The lowest BCUT2D eigenvalue weighted by molar-refractivity contribution is -0.129. The number of carbonyl (C=O) groups is 1. The van der Waals surface area contributed by atoms with E-state index in [0.717, 1.165) is 11.3 Å². The lowest BCUT2D eigenvalue weighted by Crippen LogP contribution is -2.35. The van der Waals surface area contributed by atoms with Gasteiger partial charge in [0, 0.05) is 51.5 Å². The van der Waals surface area contributed by atoms with Crippen LogP contribution in [0, 0.1) is 12.7 Å². The SMILES string of the molecule is CNc1nc(C2CCN(S(=O)(=O)c3ccc(F)c(C)c3)C2)nc2c1CN(C(C)=O)CC2. The standard InChI is InChI=1S/C21H26FN5O3S/c1-13-10-16(4-5-18(13)22)31(29,30)27-9-6-15(11-27)20-24-19-7-8-26(14(2)28)12-17(19)21(23-3)25-20/h4-5,10,15H,6-9,11-12H2,1-3H3,(H,23,24,25). The Labute approximate surface area is 181 Å². The number of nitrogens with one attached hydrogen (secondary N) is 1. The topological polar surface area (TPSA) is 95.5 Å². The van der Waals surface area contributed by atoms with Crippen LogP contribution in [0.2, 0.25) is 0 Å². The van der Waals surface area contributed by atoms with Crippen molar-refractivity contribution in [3.8, 4) is 0 Å². The number of rotatable bonds is 4. The van der Waals surface area contributed by atoms with Gasteiger partial charge in [-0.25, -0.2) is 22.8 Å². The lowest BCUT2D eigenvalue weighted by atomic mass is 10.0. The molecule has 166 valence electrons. The maximum atomic E-state index is 13.6. The van der Waals surface area contributed by atoms with Crippen molar-refractivity contribution < 1.29 is 17.6 Å². The fourth-order valence-electron chi connectivity index (χ4n) is 4.18. The molecule has 2 aliphatic heterocycles. The normalized spacial score (nSPS) is 19.4. The number of aryl methyl sites for hydroxylation is 1. The Morgan fingerprint density at radius 2 is 2.03 bits per heavy atom. The Hall–Kier alpha value is -2.59. The average Bonchev–Trinajstić information content (AvgIpc) is 3.25. The fourth-order valence-corrected chi connectivity index (χ4v) is 5.76. The Balaban J connectivity index is 1.58. The maximum Gasteiger partial charge on any atom is 0.243 e. The van der Waals surface area contributed by atoms with Gasteiger partial charge in [0.15, 0.2) is 0 Å². The first kappa shape index (κ1) is 21.6. The fraction of sp³-hybridized carbons (Fsp3) is 0.476. The summed E-state index contributed by atoms with van der Waals surface area (Å²) in [5.74, 6) is 0.765. The number of aromatic nitrogens is 2. The van der Waals surface area contributed by atoms with Gasteiger partial charge in [-0.05, 0) is 37.1 Å². The van der Waals surface area contributed by atoms with Crippen LogP contribution in [-0.4, -0.2) is 60.2 Å². The molecule has 1 aromatic heterocycles. The molecule has 2 aliphatic rings. The second-order valence-corrected chi connectivity index (χ2v) is 9.99. The van der Waals surface area contributed by atoms with Gasteiger partial charge in [0.25, 0.3) is 0 Å². The third kappa shape index (κ3) is 4.01. The molecule has 1 N–H and O–H groups in total. The minimum atomic E-state index is -3.72. The number of hydrogen-bond donors (Lipinski definition) is 1. The smallest absolute Gasteiger partial charge is 0.243 e. The van der Waals surface area contributed by atoms with Crippen molar-refractivity contribution in [2.45, 2.75) is 44.0 Å². The molecule has 0 radical (unpaired) electrons. The van der Waals surface area contributed by atoms with E-state index in [-0.39, 0.29) is 23.3 Å². The number of nitrogens with zero attached hydrogens (tertiary/aromatic N) is 4. The summed E-state index contributed by atoms with van der Waals surface area (Å²) in [6.45, 7) is 4.81. The first-order valence-corrected chi connectivity index (χ1v) is 11.7. The van der Waals surface area contributed by atoms with Crippen LogP contribution in [0.3, 0.4) is 0 Å². The molecule has 0 saturated carbocycles. The number of carbonyl (C=O) groups excluding carboxylic acids is 1. The molecule has 1 aromatic carbocycles. The molecule has 4 rings (SSSR count). The predicted molar refractivity (Wildman–Crippen MR) is 114 cm³/mol. The average molecular weight is 448 g/mol. The summed E-state index contributed by atoms with van der Waals surface area (Å²) in [5, 5.41) is 3.10. The number of hydrogen-bond acceptors (Lipinski definition) is 6. The van der Waals surface area contributed by atoms with E-state index in [0.29, 0.717) is 49.7 Å². The molecule has 1 atom stereocenters. The molecule has 1 amide bonds. The minimum Gasteiger partial charge on any atom is -0.373 e. The van der Waals surface area contributed by atoms with Crippen LogP contribution in [0.1, 0.15) is 41.9 Å². The molecule has 0 bridgehead atoms. The number of benzene rings is 1. The minimum absolute atomic E-state index is 0.0180. The van der Waals surface area contributed by atoms with Gasteiger partial charge in [-0.3, -0.25) is 4.79 Å². The lowest BCUT2D eigenvalue weighted by Gasteiger charge is -2.29. The summed E-state index contributed by atoms with van der Waals surface area (Å²) < 4.78 is 41.1. The molecule has 3 heterocycles. The van der Waals surface area contributed by atoms with Crippen molar-refractivity contribution in [3.05, 3.63) is 46.7 Å². The number of halogens is 1. The summed E-state index contributed by atoms with van der Waals surface area (Å²) in [4.78, 5) is 23.0. The molecule has 2 aromatic rings. The van der Waals surface area contributed by atoms with Crippen molar-refractivity contribution in [1.82, 2.24) is 19.2 Å². The number of anilines is 1. The maximum absolute atomic E-state index is 13.6. The Kier molecular flexibility index (Phi) is 5.69. The Bertz CT molecular complexity index is 1120. The Morgan fingerprint density at radius 3 is 2.71 bits per heavy atom. The van der Waals surface area contributed by atoms with Gasteiger partial charge in [0.1, 0.15) is 17.5 Å². The van der Waals surface area contributed by atoms with Gasteiger partial charge >= 0.3 is 0 Å². The molecule has 10 heteroatoms.